The predicted molar refractivity (Wildman–Crippen MR) is 55.9 cm³/mol. The Labute approximate surface area is 83.8 Å². The largest absolute Gasteiger partial charge is 0.393 e. The van der Waals surface area contributed by atoms with Crippen molar-refractivity contribution in [2.45, 2.75) is 26.4 Å². The van der Waals surface area contributed by atoms with Gasteiger partial charge in [-0.3, -0.25) is 0 Å². The number of aryl methyl sites for hydroxylation is 1. The lowest BCUT2D eigenvalue weighted by Gasteiger charge is -2.11. The highest BCUT2D eigenvalue weighted by atomic mass is 19.1. The first-order valence-electron chi connectivity index (χ1n) is 4.78. The molecule has 1 unspecified atom stereocenters. The van der Waals surface area contributed by atoms with E-state index in [9.17, 15) is 4.39 Å². The zero-order valence-corrected chi connectivity index (χ0v) is 8.55. The molecule has 3 heteroatoms. The number of hydrogen-bond acceptors (Lipinski definition) is 2. The molecule has 0 radical (unpaired) electrons. The lowest BCUT2D eigenvalue weighted by molar-refractivity contribution is 0.188. The molecule has 0 saturated carbocycles. The molecule has 1 aromatic rings. The molecular formula is C11H16FNO. The Bertz CT molecular complexity index is 279. The smallest absolute Gasteiger partial charge is 0.146 e. The summed E-state index contributed by atoms with van der Waals surface area (Å²) in [6, 6.07) is 4.97. The number of nitrogens with one attached hydrogen (secondary N) is 1. The zero-order valence-electron chi connectivity index (χ0n) is 8.55. The van der Waals surface area contributed by atoms with Gasteiger partial charge >= 0.3 is 0 Å². The summed E-state index contributed by atoms with van der Waals surface area (Å²) in [5.41, 5.74) is 1.42. The first-order valence-corrected chi connectivity index (χ1v) is 4.78. The maximum absolute atomic E-state index is 13.2. The molecule has 0 fully saturated rings. The molecule has 2 nitrogen and oxygen atoms in total. The molecule has 0 spiro atoms. The number of halogens is 1. The van der Waals surface area contributed by atoms with E-state index in [1.54, 1.807) is 13.0 Å². The number of anilines is 1. The fourth-order valence-electron chi connectivity index (χ4n) is 1.26. The molecule has 14 heavy (non-hydrogen) atoms. The average Bonchev–Trinajstić information content (AvgIpc) is 2.09. The Kier molecular flexibility index (Phi) is 3.89. The van der Waals surface area contributed by atoms with Gasteiger partial charge in [-0.1, -0.05) is 12.1 Å². The summed E-state index contributed by atoms with van der Waals surface area (Å²) in [6.45, 7) is 4.16. The third-order valence-corrected chi connectivity index (χ3v) is 2.09. The molecule has 1 aromatic carbocycles. The van der Waals surface area contributed by atoms with Crippen molar-refractivity contribution < 1.29 is 9.50 Å². The fourth-order valence-corrected chi connectivity index (χ4v) is 1.26. The second-order valence-electron chi connectivity index (χ2n) is 3.50. The third kappa shape index (κ3) is 3.00. The second kappa shape index (κ2) is 4.96. The summed E-state index contributed by atoms with van der Waals surface area (Å²) in [7, 11) is 0. The van der Waals surface area contributed by atoms with Gasteiger partial charge in [0.2, 0.25) is 0 Å². The number of para-hydroxylation sites is 1. The molecule has 78 valence electrons. The van der Waals surface area contributed by atoms with Gasteiger partial charge in [0.15, 0.2) is 0 Å². The van der Waals surface area contributed by atoms with Crippen molar-refractivity contribution in [2.24, 2.45) is 0 Å². The van der Waals surface area contributed by atoms with Crippen molar-refractivity contribution >= 4 is 5.69 Å². The summed E-state index contributed by atoms with van der Waals surface area (Å²) >= 11 is 0. The summed E-state index contributed by atoms with van der Waals surface area (Å²) < 4.78 is 13.2. The monoisotopic (exact) mass is 197 g/mol. The van der Waals surface area contributed by atoms with Crippen molar-refractivity contribution in [1.29, 1.82) is 0 Å². The van der Waals surface area contributed by atoms with Crippen LogP contribution in [0.3, 0.4) is 0 Å². The highest BCUT2D eigenvalue weighted by Gasteiger charge is 2.04. The molecule has 1 rings (SSSR count). The van der Waals surface area contributed by atoms with E-state index in [0.717, 1.165) is 5.56 Å². The normalized spacial score (nSPS) is 12.6. The Hall–Kier alpha value is -1.09. The fraction of sp³-hybridized carbons (Fsp3) is 0.455. The van der Waals surface area contributed by atoms with Crippen LogP contribution in [0.4, 0.5) is 10.1 Å². The molecule has 0 bridgehead atoms. The molecule has 0 aromatic heterocycles. The van der Waals surface area contributed by atoms with Crippen LogP contribution in [0, 0.1) is 12.7 Å². The van der Waals surface area contributed by atoms with Crippen molar-refractivity contribution in [3.63, 3.8) is 0 Å². The van der Waals surface area contributed by atoms with Crippen LogP contribution in [0.15, 0.2) is 18.2 Å². The number of aliphatic hydroxyl groups excluding tert-OH is 1. The molecule has 0 aliphatic carbocycles. The van der Waals surface area contributed by atoms with Crippen LogP contribution in [0.5, 0.6) is 0 Å². The van der Waals surface area contributed by atoms with E-state index < -0.39 is 0 Å². The van der Waals surface area contributed by atoms with Crippen LogP contribution >= 0.6 is 0 Å². The van der Waals surface area contributed by atoms with Gasteiger partial charge in [0.1, 0.15) is 5.82 Å². The number of benzene rings is 1. The van der Waals surface area contributed by atoms with E-state index in [2.05, 4.69) is 5.32 Å². The lowest BCUT2D eigenvalue weighted by Crippen LogP contribution is -2.11. The highest BCUT2D eigenvalue weighted by Crippen LogP contribution is 2.18. The van der Waals surface area contributed by atoms with Crippen LogP contribution in [0.2, 0.25) is 0 Å². The minimum absolute atomic E-state index is 0.240. The van der Waals surface area contributed by atoms with Gasteiger partial charge in [0, 0.05) is 6.54 Å². The van der Waals surface area contributed by atoms with Gasteiger partial charge in [0.05, 0.1) is 11.8 Å². The summed E-state index contributed by atoms with van der Waals surface area (Å²) in [4.78, 5) is 0. The second-order valence-corrected chi connectivity index (χ2v) is 3.50. The van der Waals surface area contributed by atoms with Gasteiger partial charge in [-0.15, -0.1) is 0 Å². The van der Waals surface area contributed by atoms with Crippen molar-refractivity contribution in [3.05, 3.63) is 29.6 Å². The number of hydrogen-bond donors (Lipinski definition) is 2. The van der Waals surface area contributed by atoms with Crippen LogP contribution in [0.25, 0.3) is 0 Å². The SMILES string of the molecule is Cc1cccc(F)c1NCCC(C)O. The molecule has 2 N–H and O–H groups in total. The predicted octanol–water partition coefficient (Wildman–Crippen LogP) is 2.32. The lowest BCUT2D eigenvalue weighted by atomic mass is 10.2. The Morgan fingerprint density at radius 2 is 2.21 bits per heavy atom. The Balaban J connectivity index is 2.58. The third-order valence-electron chi connectivity index (χ3n) is 2.09. The molecule has 1 atom stereocenters. The van der Waals surface area contributed by atoms with Crippen molar-refractivity contribution in [2.75, 3.05) is 11.9 Å². The van der Waals surface area contributed by atoms with Gasteiger partial charge in [-0.25, -0.2) is 4.39 Å². The van der Waals surface area contributed by atoms with Crippen molar-refractivity contribution in [3.8, 4) is 0 Å². The molecule has 0 aliphatic rings. The highest BCUT2D eigenvalue weighted by molar-refractivity contribution is 5.51. The van der Waals surface area contributed by atoms with Gasteiger partial charge in [-0.05, 0) is 31.9 Å². The van der Waals surface area contributed by atoms with Crippen LogP contribution in [-0.4, -0.2) is 17.8 Å². The first kappa shape index (κ1) is 11.0. The van der Waals surface area contributed by atoms with Crippen LogP contribution < -0.4 is 5.32 Å². The number of aliphatic hydroxyl groups is 1. The molecule has 0 aliphatic heterocycles. The maximum atomic E-state index is 13.2. The van der Waals surface area contributed by atoms with Gasteiger partial charge in [-0.2, -0.15) is 0 Å². The van der Waals surface area contributed by atoms with Crippen LogP contribution in [0.1, 0.15) is 18.9 Å². The Morgan fingerprint density at radius 1 is 1.50 bits per heavy atom. The topological polar surface area (TPSA) is 32.3 Å². The molecule has 0 saturated heterocycles. The molecule has 0 heterocycles. The minimum atomic E-state index is -0.352. The Morgan fingerprint density at radius 3 is 2.79 bits per heavy atom. The van der Waals surface area contributed by atoms with E-state index in [1.807, 2.05) is 13.0 Å². The maximum Gasteiger partial charge on any atom is 0.146 e. The van der Waals surface area contributed by atoms with E-state index in [0.29, 0.717) is 18.7 Å². The summed E-state index contributed by atoms with van der Waals surface area (Å²) in [5.74, 6) is -0.240. The summed E-state index contributed by atoms with van der Waals surface area (Å²) in [6.07, 6.45) is 0.267. The first-order chi connectivity index (χ1) is 6.61. The minimum Gasteiger partial charge on any atom is -0.393 e. The van der Waals surface area contributed by atoms with Gasteiger partial charge in [0.25, 0.3) is 0 Å². The van der Waals surface area contributed by atoms with E-state index in [-0.39, 0.29) is 11.9 Å². The molecule has 0 amide bonds. The number of rotatable bonds is 4. The van der Waals surface area contributed by atoms with Crippen LogP contribution in [-0.2, 0) is 0 Å². The quantitative estimate of drug-likeness (QED) is 0.776. The average molecular weight is 197 g/mol. The molecular weight excluding hydrogens is 181 g/mol. The summed E-state index contributed by atoms with van der Waals surface area (Å²) in [5, 5.41) is 12.0. The van der Waals surface area contributed by atoms with E-state index in [1.165, 1.54) is 6.07 Å². The zero-order chi connectivity index (χ0) is 10.6. The standard InChI is InChI=1S/C11H16FNO/c1-8-4-3-5-10(12)11(8)13-7-6-9(2)14/h3-5,9,13-14H,6-7H2,1-2H3. The van der Waals surface area contributed by atoms with E-state index in [4.69, 9.17) is 5.11 Å². The van der Waals surface area contributed by atoms with E-state index >= 15 is 0 Å². The van der Waals surface area contributed by atoms with Crippen molar-refractivity contribution in [1.82, 2.24) is 0 Å². The van der Waals surface area contributed by atoms with Gasteiger partial charge < -0.3 is 10.4 Å².